The van der Waals surface area contributed by atoms with Gasteiger partial charge in [-0.25, -0.2) is 0 Å². The molecule has 2 heteroatoms. The van der Waals surface area contributed by atoms with Crippen LogP contribution in [0.15, 0.2) is 11.6 Å². The van der Waals surface area contributed by atoms with Gasteiger partial charge in [0.05, 0.1) is 11.7 Å². The van der Waals surface area contributed by atoms with Crippen molar-refractivity contribution in [2.24, 2.45) is 46.3 Å². The Bertz CT molecular complexity index is 682. The van der Waals surface area contributed by atoms with E-state index in [-0.39, 0.29) is 6.10 Å². The maximum Gasteiger partial charge on any atom is 0.0682 e. The predicted octanol–water partition coefficient (Wildman–Crippen LogP) is 7.14. The van der Waals surface area contributed by atoms with E-state index >= 15 is 0 Å². The number of aliphatic hydroxyl groups is 2. The van der Waals surface area contributed by atoms with Gasteiger partial charge in [0.25, 0.3) is 0 Å². The number of hydrogen-bond acceptors (Lipinski definition) is 2. The summed E-state index contributed by atoms with van der Waals surface area (Å²) in [5, 5.41) is 21.3. The van der Waals surface area contributed by atoms with Gasteiger partial charge in [-0.2, -0.15) is 0 Å². The molecule has 4 aliphatic rings. The summed E-state index contributed by atoms with van der Waals surface area (Å²) in [6.45, 7) is 14.1. The Morgan fingerprint density at radius 1 is 1.00 bits per heavy atom. The monoisotopic (exact) mass is 430 g/mol. The summed E-state index contributed by atoms with van der Waals surface area (Å²) >= 11 is 0. The van der Waals surface area contributed by atoms with Gasteiger partial charge in [0.15, 0.2) is 0 Å². The Labute approximate surface area is 192 Å². The lowest BCUT2D eigenvalue weighted by molar-refractivity contribution is -0.0758. The summed E-state index contributed by atoms with van der Waals surface area (Å²) in [4.78, 5) is 0. The molecule has 9 atom stereocenters. The van der Waals surface area contributed by atoms with Gasteiger partial charge in [0, 0.05) is 0 Å². The highest BCUT2D eigenvalue weighted by molar-refractivity contribution is 5.27. The fourth-order valence-electron chi connectivity index (χ4n) is 8.96. The second kappa shape index (κ2) is 8.46. The van der Waals surface area contributed by atoms with Crippen LogP contribution in [0.3, 0.4) is 0 Å². The molecule has 0 aliphatic heterocycles. The predicted molar refractivity (Wildman–Crippen MR) is 130 cm³/mol. The smallest absolute Gasteiger partial charge is 0.0682 e. The maximum atomic E-state index is 11.0. The summed E-state index contributed by atoms with van der Waals surface area (Å²) in [6, 6.07) is 0. The molecule has 0 amide bonds. The number of aliphatic hydroxyl groups excluding tert-OH is 1. The summed E-state index contributed by atoms with van der Waals surface area (Å²) in [5.74, 6) is 4.46. The zero-order chi connectivity index (χ0) is 22.6. The molecular weight excluding hydrogens is 380 g/mol. The van der Waals surface area contributed by atoms with Crippen LogP contribution in [0, 0.1) is 46.3 Å². The minimum atomic E-state index is -0.449. The standard InChI is InChI=1S/C29H50O2/c1-7-29(31)17-16-27(5)21(18-29)9-10-22-24-12-11-23(28(24,6)15-14-25(22)27)20(4)8-13-26(30)19(2)3/h9,19-20,22-26,30-31H,7-8,10-18H2,1-6H3/t20-,22+,23-,24+,25+,26?,27+,28-,29+/m1/s1. The molecule has 0 radical (unpaired) electrons. The molecule has 0 saturated heterocycles. The Morgan fingerprint density at radius 2 is 1.74 bits per heavy atom. The third-order valence-corrected chi connectivity index (χ3v) is 11.4. The van der Waals surface area contributed by atoms with E-state index in [1.807, 2.05) is 0 Å². The Kier molecular flexibility index (Phi) is 6.50. The van der Waals surface area contributed by atoms with E-state index in [2.05, 4.69) is 47.6 Å². The first kappa shape index (κ1) is 23.8. The first-order valence-corrected chi connectivity index (χ1v) is 13.6. The van der Waals surface area contributed by atoms with Gasteiger partial charge < -0.3 is 10.2 Å². The van der Waals surface area contributed by atoms with Crippen LogP contribution in [0.1, 0.15) is 112 Å². The zero-order valence-electron chi connectivity index (χ0n) is 21.3. The Morgan fingerprint density at radius 3 is 2.42 bits per heavy atom. The zero-order valence-corrected chi connectivity index (χ0v) is 21.3. The van der Waals surface area contributed by atoms with Crippen molar-refractivity contribution in [2.75, 3.05) is 0 Å². The summed E-state index contributed by atoms with van der Waals surface area (Å²) in [7, 11) is 0. The Hall–Kier alpha value is -0.340. The highest BCUT2D eigenvalue weighted by atomic mass is 16.3. The second-order valence-electron chi connectivity index (χ2n) is 13.1. The van der Waals surface area contributed by atoms with E-state index in [4.69, 9.17) is 0 Å². The molecule has 2 N–H and O–H groups in total. The molecule has 0 heterocycles. The van der Waals surface area contributed by atoms with E-state index in [0.29, 0.717) is 16.7 Å². The third-order valence-electron chi connectivity index (χ3n) is 11.4. The van der Waals surface area contributed by atoms with Gasteiger partial charge >= 0.3 is 0 Å². The van der Waals surface area contributed by atoms with E-state index in [1.54, 1.807) is 5.57 Å². The number of rotatable bonds is 6. The highest BCUT2D eigenvalue weighted by Gasteiger charge is 2.59. The fourth-order valence-corrected chi connectivity index (χ4v) is 8.96. The van der Waals surface area contributed by atoms with Gasteiger partial charge in [0.2, 0.25) is 0 Å². The lowest BCUT2D eigenvalue weighted by Crippen LogP contribution is -2.52. The number of hydrogen-bond donors (Lipinski definition) is 2. The fraction of sp³-hybridized carbons (Fsp3) is 0.931. The van der Waals surface area contributed by atoms with Crippen molar-refractivity contribution in [1.29, 1.82) is 0 Å². The molecular formula is C29H50O2. The number of fused-ring (bicyclic) bond motifs is 5. The van der Waals surface area contributed by atoms with Crippen molar-refractivity contribution in [3.63, 3.8) is 0 Å². The topological polar surface area (TPSA) is 40.5 Å². The summed E-state index contributed by atoms with van der Waals surface area (Å²) < 4.78 is 0. The minimum absolute atomic E-state index is 0.141. The largest absolute Gasteiger partial charge is 0.393 e. The van der Waals surface area contributed by atoms with Gasteiger partial charge in [-0.15, -0.1) is 0 Å². The van der Waals surface area contributed by atoms with Crippen molar-refractivity contribution in [1.82, 2.24) is 0 Å². The van der Waals surface area contributed by atoms with Gasteiger partial charge in [-0.05, 0) is 117 Å². The highest BCUT2D eigenvalue weighted by Crippen LogP contribution is 2.67. The molecule has 31 heavy (non-hydrogen) atoms. The van der Waals surface area contributed by atoms with Crippen LogP contribution in [-0.2, 0) is 0 Å². The number of allylic oxidation sites excluding steroid dienone is 1. The van der Waals surface area contributed by atoms with Crippen molar-refractivity contribution in [3.05, 3.63) is 11.6 Å². The third kappa shape index (κ3) is 3.96. The van der Waals surface area contributed by atoms with E-state index < -0.39 is 5.60 Å². The van der Waals surface area contributed by atoms with Crippen LogP contribution in [0.25, 0.3) is 0 Å². The van der Waals surface area contributed by atoms with Crippen LogP contribution >= 0.6 is 0 Å². The molecule has 0 bridgehead atoms. The summed E-state index contributed by atoms with van der Waals surface area (Å²) in [5.41, 5.74) is 1.97. The van der Waals surface area contributed by atoms with Crippen molar-refractivity contribution in [2.45, 2.75) is 124 Å². The molecule has 4 aliphatic carbocycles. The molecule has 0 spiro atoms. The molecule has 2 nitrogen and oxygen atoms in total. The van der Waals surface area contributed by atoms with Crippen molar-refractivity contribution >= 4 is 0 Å². The first-order valence-electron chi connectivity index (χ1n) is 13.6. The second-order valence-corrected chi connectivity index (χ2v) is 13.1. The lowest BCUT2D eigenvalue weighted by atomic mass is 9.46. The molecule has 3 saturated carbocycles. The first-order chi connectivity index (χ1) is 14.5. The maximum absolute atomic E-state index is 11.0. The quantitative estimate of drug-likeness (QED) is 0.440. The Balaban J connectivity index is 1.49. The molecule has 1 unspecified atom stereocenters. The van der Waals surface area contributed by atoms with Gasteiger partial charge in [-0.1, -0.05) is 53.2 Å². The molecule has 4 rings (SSSR count). The molecule has 3 fully saturated rings. The SMILES string of the molecule is CC[C@]1(O)CC[C@@]2(C)C(=CC[C@H]3[C@@H]4CC[C@H]([C@H](C)CCC(O)C(C)C)[C@@]4(C)CC[C@@H]32)C1. The molecule has 0 aromatic heterocycles. The van der Waals surface area contributed by atoms with E-state index in [9.17, 15) is 10.2 Å². The average molecular weight is 431 g/mol. The minimum Gasteiger partial charge on any atom is -0.393 e. The van der Waals surface area contributed by atoms with Crippen LogP contribution < -0.4 is 0 Å². The van der Waals surface area contributed by atoms with Crippen molar-refractivity contribution in [3.8, 4) is 0 Å². The molecule has 178 valence electrons. The van der Waals surface area contributed by atoms with E-state index in [1.165, 1.54) is 44.9 Å². The van der Waals surface area contributed by atoms with Crippen LogP contribution in [-0.4, -0.2) is 21.9 Å². The van der Waals surface area contributed by atoms with Crippen molar-refractivity contribution < 1.29 is 10.2 Å². The van der Waals surface area contributed by atoms with Crippen LogP contribution in [0.5, 0.6) is 0 Å². The molecule has 0 aromatic rings. The average Bonchev–Trinajstić information content (AvgIpc) is 3.09. The molecule has 0 aromatic carbocycles. The van der Waals surface area contributed by atoms with Crippen LogP contribution in [0.2, 0.25) is 0 Å². The van der Waals surface area contributed by atoms with Gasteiger partial charge in [-0.3, -0.25) is 0 Å². The summed E-state index contributed by atoms with van der Waals surface area (Å²) in [6.07, 6.45) is 15.4. The van der Waals surface area contributed by atoms with E-state index in [0.717, 1.165) is 55.3 Å². The normalized spacial score (nSPS) is 46.7. The van der Waals surface area contributed by atoms with Crippen LogP contribution in [0.4, 0.5) is 0 Å². The van der Waals surface area contributed by atoms with Gasteiger partial charge in [0.1, 0.15) is 0 Å². The lowest BCUT2D eigenvalue weighted by Gasteiger charge is -2.59.